The van der Waals surface area contributed by atoms with Crippen LogP contribution < -0.4 is 5.32 Å². The molecule has 0 unspecified atom stereocenters. The van der Waals surface area contributed by atoms with Crippen molar-refractivity contribution in [2.45, 2.75) is 32.3 Å². The Bertz CT molecular complexity index is 325. The fourth-order valence-corrected chi connectivity index (χ4v) is 2.82. The molecule has 2 N–H and O–H groups in total. The molecule has 0 aromatic carbocycles. The number of ether oxygens (including phenoxy) is 1. The lowest BCUT2D eigenvalue weighted by atomic mass is 10.3. The van der Waals surface area contributed by atoms with Gasteiger partial charge in [0, 0.05) is 39.3 Å². The minimum atomic E-state index is -0.199. The Balaban J connectivity index is 0.00000242. The van der Waals surface area contributed by atoms with Crippen LogP contribution in [0.4, 0.5) is 0 Å². The molecule has 2 fully saturated rings. The number of guanidine groups is 1. The highest BCUT2D eigenvalue weighted by Gasteiger charge is 2.22. The van der Waals surface area contributed by atoms with Crippen LogP contribution in [-0.2, 0) is 4.74 Å². The maximum atomic E-state index is 9.63. The summed E-state index contributed by atoms with van der Waals surface area (Å²) in [6.07, 6.45) is 2.95. The largest absolute Gasteiger partial charge is 0.391 e. The average molecular weight is 426 g/mol. The van der Waals surface area contributed by atoms with E-state index in [9.17, 15) is 5.11 Å². The van der Waals surface area contributed by atoms with Crippen LogP contribution in [0.2, 0.25) is 0 Å². The third-order valence-corrected chi connectivity index (χ3v) is 4.05. The summed E-state index contributed by atoms with van der Waals surface area (Å²) in [5, 5.41) is 13.0. The number of morpholine rings is 1. The fraction of sp³-hybridized carbons (Fsp3) is 0.933. The molecule has 2 saturated heterocycles. The molecule has 0 radical (unpaired) electrons. The monoisotopic (exact) mass is 426 g/mol. The van der Waals surface area contributed by atoms with Gasteiger partial charge in [-0.2, -0.15) is 0 Å². The number of hydrogen-bond donors (Lipinski definition) is 2. The second-order valence-corrected chi connectivity index (χ2v) is 5.79. The molecular weight excluding hydrogens is 395 g/mol. The van der Waals surface area contributed by atoms with Gasteiger partial charge in [-0.05, 0) is 32.7 Å². The summed E-state index contributed by atoms with van der Waals surface area (Å²) >= 11 is 0. The Hall–Kier alpha value is -0.120. The molecule has 0 saturated carbocycles. The van der Waals surface area contributed by atoms with Gasteiger partial charge in [0.15, 0.2) is 5.96 Å². The molecule has 0 aromatic heterocycles. The smallest absolute Gasteiger partial charge is 0.194 e. The molecule has 2 aliphatic heterocycles. The van der Waals surface area contributed by atoms with Crippen molar-refractivity contribution in [1.29, 1.82) is 0 Å². The van der Waals surface area contributed by atoms with Gasteiger partial charge in [-0.15, -0.1) is 24.0 Å². The van der Waals surface area contributed by atoms with Gasteiger partial charge in [-0.25, -0.2) is 0 Å². The van der Waals surface area contributed by atoms with E-state index in [4.69, 9.17) is 4.74 Å². The summed E-state index contributed by atoms with van der Waals surface area (Å²) in [7, 11) is 0. The number of aliphatic imine (C=N–C) groups is 1. The number of hydrogen-bond acceptors (Lipinski definition) is 4. The third kappa shape index (κ3) is 6.97. The lowest BCUT2D eigenvalue weighted by Gasteiger charge is -2.26. The third-order valence-electron chi connectivity index (χ3n) is 4.05. The van der Waals surface area contributed by atoms with Crippen LogP contribution in [0.1, 0.15) is 26.2 Å². The topological polar surface area (TPSA) is 60.3 Å². The van der Waals surface area contributed by atoms with Crippen LogP contribution in [0.3, 0.4) is 0 Å². The zero-order valence-electron chi connectivity index (χ0n) is 13.7. The molecule has 130 valence electrons. The first-order valence-electron chi connectivity index (χ1n) is 8.31. The van der Waals surface area contributed by atoms with Gasteiger partial charge < -0.3 is 20.1 Å². The minimum Gasteiger partial charge on any atom is -0.391 e. The minimum absolute atomic E-state index is 0. The maximum absolute atomic E-state index is 9.63. The van der Waals surface area contributed by atoms with E-state index in [1.165, 1.54) is 6.42 Å². The van der Waals surface area contributed by atoms with Crippen molar-refractivity contribution >= 4 is 29.9 Å². The number of β-amino-alcohol motifs (C(OH)–C–C–N with tert-alkyl or cyclic N) is 1. The molecule has 2 rings (SSSR count). The molecular formula is C15H31IN4O2. The van der Waals surface area contributed by atoms with E-state index in [0.29, 0.717) is 6.54 Å². The molecule has 6 nitrogen and oxygen atoms in total. The average Bonchev–Trinajstić information content (AvgIpc) is 2.93. The first-order valence-corrected chi connectivity index (χ1v) is 8.31. The van der Waals surface area contributed by atoms with E-state index in [0.717, 1.165) is 71.3 Å². The van der Waals surface area contributed by atoms with Crippen molar-refractivity contribution in [3.05, 3.63) is 0 Å². The predicted octanol–water partition coefficient (Wildman–Crippen LogP) is 0.749. The Kier molecular flexibility index (Phi) is 10.3. The lowest BCUT2D eigenvalue weighted by molar-refractivity contribution is 0.0373. The number of unbranched alkanes of at least 4 members (excludes halogenated alkanes) is 1. The fourth-order valence-electron chi connectivity index (χ4n) is 2.82. The van der Waals surface area contributed by atoms with Crippen molar-refractivity contribution in [3.63, 3.8) is 0 Å². The zero-order chi connectivity index (χ0) is 14.9. The van der Waals surface area contributed by atoms with E-state index in [1.54, 1.807) is 0 Å². The van der Waals surface area contributed by atoms with Gasteiger partial charge >= 0.3 is 0 Å². The van der Waals surface area contributed by atoms with Gasteiger partial charge in [-0.1, -0.05) is 0 Å². The second-order valence-electron chi connectivity index (χ2n) is 5.79. The predicted molar refractivity (Wildman–Crippen MR) is 100 cm³/mol. The van der Waals surface area contributed by atoms with Crippen molar-refractivity contribution in [3.8, 4) is 0 Å². The van der Waals surface area contributed by atoms with E-state index >= 15 is 0 Å². The summed E-state index contributed by atoms with van der Waals surface area (Å²) in [6, 6.07) is 0. The SMILES string of the molecule is CCNC(=NCCCCN1CCOCC1)N1CC[C@@H](O)C1.I. The van der Waals surface area contributed by atoms with Gasteiger partial charge in [0.2, 0.25) is 0 Å². The van der Waals surface area contributed by atoms with Crippen molar-refractivity contribution in [1.82, 2.24) is 15.1 Å². The van der Waals surface area contributed by atoms with Crippen molar-refractivity contribution in [2.75, 3.05) is 59.0 Å². The van der Waals surface area contributed by atoms with Crippen LogP contribution in [-0.4, -0.2) is 86.0 Å². The van der Waals surface area contributed by atoms with Crippen LogP contribution in [0.25, 0.3) is 0 Å². The Morgan fingerprint density at radius 1 is 1.27 bits per heavy atom. The van der Waals surface area contributed by atoms with Gasteiger partial charge in [0.25, 0.3) is 0 Å². The molecule has 1 atom stereocenters. The normalized spacial score (nSPS) is 23.5. The van der Waals surface area contributed by atoms with Crippen LogP contribution in [0.5, 0.6) is 0 Å². The molecule has 0 aromatic rings. The Labute approximate surface area is 151 Å². The summed E-state index contributed by atoms with van der Waals surface area (Å²) < 4.78 is 5.35. The molecule has 7 heteroatoms. The zero-order valence-corrected chi connectivity index (χ0v) is 16.0. The van der Waals surface area contributed by atoms with E-state index in [-0.39, 0.29) is 30.1 Å². The first kappa shape index (κ1) is 19.9. The second kappa shape index (κ2) is 11.4. The van der Waals surface area contributed by atoms with E-state index in [1.807, 2.05) is 0 Å². The quantitative estimate of drug-likeness (QED) is 0.284. The van der Waals surface area contributed by atoms with Gasteiger partial charge in [0.05, 0.1) is 19.3 Å². The number of aliphatic hydroxyl groups is 1. The molecule has 0 aliphatic carbocycles. The maximum Gasteiger partial charge on any atom is 0.194 e. The number of aliphatic hydroxyl groups excluding tert-OH is 1. The molecule has 0 amide bonds. The highest BCUT2D eigenvalue weighted by Crippen LogP contribution is 2.09. The lowest BCUT2D eigenvalue weighted by Crippen LogP contribution is -2.40. The molecule has 2 aliphatic rings. The number of rotatable bonds is 6. The molecule has 0 spiro atoms. The molecule has 2 heterocycles. The van der Waals surface area contributed by atoms with Crippen LogP contribution in [0.15, 0.2) is 4.99 Å². The highest BCUT2D eigenvalue weighted by molar-refractivity contribution is 14.0. The Morgan fingerprint density at radius 3 is 2.68 bits per heavy atom. The summed E-state index contributed by atoms with van der Waals surface area (Å²) in [4.78, 5) is 9.32. The number of likely N-dealkylation sites (tertiary alicyclic amines) is 1. The van der Waals surface area contributed by atoms with Gasteiger partial charge in [-0.3, -0.25) is 9.89 Å². The summed E-state index contributed by atoms with van der Waals surface area (Å²) in [5.41, 5.74) is 0. The highest BCUT2D eigenvalue weighted by atomic mass is 127. The Morgan fingerprint density at radius 2 is 2.05 bits per heavy atom. The molecule has 0 bridgehead atoms. The first-order chi connectivity index (χ1) is 10.3. The van der Waals surface area contributed by atoms with Crippen LogP contribution >= 0.6 is 24.0 Å². The number of nitrogens with zero attached hydrogens (tertiary/aromatic N) is 3. The molecule has 22 heavy (non-hydrogen) atoms. The number of halogens is 1. The van der Waals surface area contributed by atoms with Crippen LogP contribution in [0, 0.1) is 0 Å². The van der Waals surface area contributed by atoms with E-state index in [2.05, 4.69) is 27.0 Å². The summed E-state index contributed by atoms with van der Waals surface area (Å²) in [5.74, 6) is 0.959. The van der Waals surface area contributed by atoms with Crippen molar-refractivity contribution in [2.24, 2.45) is 4.99 Å². The van der Waals surface area contributed by atoms with E-state index < -0.39 is 0 Å². The van der Waals surface area contributed by atoms with Crippen molar-refractivity contribution < 1.29 is 9.84 Å². The van der Waals surface area contributed by atoms with Gasteiger partial charge in [0.1, 0.15) is 0 Å². The number of nitrogens with one attached hydrogen (secondary N) is 1. The summed E-state index contributed by atoms with van der Waals surface area (Å²) in [6.45, 7) is 10.5. The standard InChI is InChI=1S/C15H30N4O2.HI/c1-2-16-15(19-8-5-14(20)13-19)17-6-3-4-7-18-9-11-21-12-10-18;/h14,20H,2-13H2,1H3,(H,16,17);1H/t14-;/m1./s1.